The zero-order valence-electron chi connectivity index (χ0n) is 20.5. The number of carbonyl (C=O) groups excluding carboxylic acids is 4. The highest BCUT2D eigenvalue weighted by Gasteiger charge is 2.61. The van der Waals surface area contributed by atoms with Crippen LogP contribution in [0.2, 0.25) is 0 Å². The van der Waals surface area contributed by atoms with Crippen LogP contribution in [0.1, 0.15) is 57.8 Å². The van der Waals surface area contributed by atoms with Gasteiger partial charge in [0.25, 0.3) is 5.92 Å². The summed E-state index contributed by atoms with van der Waals surface area (Å²) < 4.78 is 68.9. The van der Waals surface area contributed by atoms with Crippen LogP contribution < -0.4 is 16.0 Å². The number of nitrogens with zero attached hydrogens (tertiary/aromatic N) is 2. The zero-order valence-corrected chi connectivity index (χ0v) is 20.5. The molecule has 0 radical (unpaired) electrons. The van der Waals surface area contributed by atoms with Crippen LogP contribution in [0.25, 0.3) is 0 Å². The van der Waals surface area contributed by atoms with Gasteiger partial charge in [-0.05, 0) is 38.0 Å². The Balaban J connectivity index is 1.58. The van der Waals surface area contributed by atoms with Crippen molar-refractivity contribution in [3.8, 4) is 6.07 Å². The van der Waals surface area contributed by atoms with Crippen molar-refractivity contribution >= 4 is 23.6 Å². The van der Waals surface area contributed by atoms with Crippen molar-refractivity contribution in [3.63, 3.8) is 0 Å². The normalized spacial score (nSPS) is 30.0. The Hall–Kier alpha value is -2.98. The Morgan fingerprint density at radius 2 is 1.82 bits per heavy atom. The first-order chi connectivity index (χ1) is 17.8. The number of halogens is 5. The molecule has 5 rings (SSSR count). The number of nitriles is 1. The molecular formula is C24H30F5N5O4. The molecule has 38 heavy (non-hydrogen) atoms. The van der Waals surface area contributed by atoms with Crippen LogP contribution >= 0.6 is 0 Å². The molecule has 6 atom stereocenters. The molecule has 4 amide bonds. The predicted molar refractivity (Wildman–Crippen MR) is 120 cm³/mol. The number of carbonyl (C=O) groups is 4. The van der Waals surface area contributed by atoms with Gasteiger partial charge < -0.3 is 20.9 Å². The molecule has 0 aromatic rings. The highest BCUT2D eigenvalue weighted by Crippen LogP contribution is 2.49. The van der Waals surface area contributed by atoms with E-state index in [1.807, 2.05) is 6.07 Å². The second kappa shape index (κ2) is 10.6. The molecule has 5 aliphatic rings. The van der Waals surface area contributed by atoms with Gasteiger partial charge in [0.2, 0.25) is 17.7 Å². The SMILES string of the molecule is N#C[C@@H](C[C@@H]1CCNC1=O)NC(=O)[C@@H]1[C@H]2CC[C@H](CC2(F)F)N1C(=O)[C@H](CC1CCC1)NC(=O)C(F)(F)F. The van der Waals surface area contributed by atoms with Gasteiger partial charge in [0.1, 0.15) is 18.1 Å². The van der Waals surface area contributed by atoms with E-state index in [1.54, 1.807) is 5.32 Å². The molecule has 0 spiro atoms. The fourth-order valence-electron chi connectivity index (χ4n) is 6.08. The fraction of sp³-hybridized carbons (Fsp3) is 0.792. The van der Waals surface area contributed by atoms with Crippen LogP contribution in [-0.4, -0.2) is 71.3 Å². The van der Waals surface area contributed by atoms with Crippen LogP contribution in [0.4, 0.5) is 22.0 Å². The Labute approximate surface area is 215 Å². The maximum atomic E-state index is 14.9. The second-order valence-electron chi connectivity index (χ2n) is 10.8. The quantitative estimate of drug-likeness (QED) is 0.399. The lowest BCUT2D eigenvalue weighted by Crippen LogP contribution is -2.71. The van der Waals surface area contributed by atoms with Gasteiger partial charge >= 0.3 is 12.1 Å². The van der Waals surface area contributed by atoms with Gasteiger partial charge in [0.05, 0.1) is 12.0 Å². The Kier molecular flexibility index (Phi) is 7.86. The summed E-state index contributed by atoms with van der Waals surface area (Å²) in [4.78, 5) is 51.5. The molecule has 3 N–H and O–H groups in total. The lowest BCUT2D eigenvalue weighted by atomic mass is 9.71. The van der Waals surface area contributed by atoms with E-state index in [0.29, 0.717) is 25.8 Å². The second-order valence-corrected chi connectivity index (χ2v) is 10.8. The smallest absolute Gasteiger partial charge is 0.356 e. The topological polar surface area (TPSA) is 131 Å². The van der Waals surface area contributed by atoms with E-state index in [9.17, 15) is 46.4 Å². The number of hydrogen-bond acceptors (Lipinski definition) is 5. The molecule has 3 saturated heterocycles. The average molecular weight is 548 g/mol. The summed E-state index contributed by atoms with van der Waals surface area (Å²) in [6, 6.07) is -3.83. The Morgan fingerprint density at radius 3 is 2.34 bits per heavy atom. The zero-order chi connectivity index (χ0) is 27.8. The van der Waals surface area contributed by atoms with E-state index in [2.05, 4.69) is 10.6 Å². The molecule has 0 aromatic carbocycles. The number of hydrogen-bond donors (Lipinski definition) is 3. The number of alkyl halides is 5. The van der Waals surface area contributed by atoms with E-state index in [4.69, 9.17) is 0 Å². The van der Waals surface area contributed by atoms with Crippen molar-refractivity contribution in [3.05, 3.63) is 0 Å². The maximum absolute atomic E-state index is 14.9. The summed E-state index contributed by atoms with van der Waals surface area (Å²) in [6.45, 7) is 0.405. The van der Waals surface area contributed by atoms with Crippen LogP contribution in [0.3, 0.4) is 0 Å². The summed E-state index contributed by atoms with van der Waals surface area (Å²) in [7, 11) is 0. The van der Waals surface area contributed by atoms with E-state index in [-0.39, 0.29) is 37.5 Å². The Bertz CT molecular complexity index is 1010. The van der Waals surface area contributed by atoms with Crippen LogP contribution in [-0.2, 0) is 19.2 Å². The van der Waals surface area contributed by atoms with Crippen molar-refractivity contribution in [2.75, 3.05) is 6.54 Å². The minimum absolute atomic E-state index is 0.0504. The first kappa shape index (κ1) is 28.0. The molecule has 3 heterocycles. The van der Waals surface area contributed by atoms with Crippen molar-refractivity contribution in [2.24, 2.45) is 17.8 Å². The van der Waals surface area contributed by atoms with E-state index in [0.717, 1.165) is 11.3 Å². The number of fused-ring (bicyclic) bond motifs is 3. The Morgan fingerprint density at radius 1 is 1.11 bits per heavy atom. The van der Waals surface area contributed by atoms with E-state index >= 15 is 0 Å². The van der Waals surface area contributed by atoms with E-state index in [1.165, 1.54) is 0 Å². The molecule has 2 aliphatic carbocycles. The van der Waals surface area contributed by atoms with Gasteiger partial charge in [0, 0.05) is 24.9 Å². The number of rotatable bonds is 8. The lowest BCUT2D eigenvalue weighted by molar-refractivity contribution is -0.196. The molecule has 9 nitrogen and oxygen atoms in total. The number of piperidine rings is 2. The average Bonchev–Trinajstić information content (AvgIpc) is 3.21. The maximum Gasteiger partial charge on any atom is 0.471 e. The standard InChI is InChI=1S/C24H30F5N5O4/c25-23(26)10-15-4-5-16(23)18(20(36)32-14(11-30)9-13-6-7-31-19(13)35)34(15)21(37)17(8-12-2-1-3-12)33-22(38)24(27,28)29/h12-18H,1-10H2,(H,31,35)(H,32,36)(H,33,38)/t13-,14+,15+,16+,17-,18-/m0/s1. The first-order valence-electron chi connectivity index (χ1n) is 12.9. The van der Waals surface area contributed by atoms with Crippen molar-refractivity contribution in [1.82, 2.24) is 20.9 Å². The minimum Gasteiger partial charge on any atom is -0.356 e. The highest BCUT2D eigenvalue weighted by atomic mass is 19.4. The summed E-state index contributed by atoms with van der Waals surface area (Å²) in [6.07, 6.45) is -3.56. The van der Waals surface area contributed by atoms with Crippen LogP contribution in [0.5, 0.6) is 0 Å². The number of nitrogens with one attached hydrogen (secondary N) is 3. The third kappa shape index (κ3) is 5.71. The molecule has 5 fully saturated rings. The van der Waals surface area contributed by atoms with E-state index < -0.39 is 72.2 Å². The summed E-state index contributed by atoms with van der Waals surface area (Å²) in [5.41, 5.74) is 0. The molecule has 2 saturated carbocycles. The van der Waals surface area contributed by atoms with Crippen molar-refractivity contribution in [1.29, 1.82) is 5.26 Å². The largest absolute Gasteiger partial charge is 0.471 e. The molecular weight excluding hydrogens is 517 g/mol. The third-order valence-electron chi connectivity index (χ3n) is 8.27. The highest BCUT2D eigenvalue weighted by molar-refractivity contribution is 5.94. The van der Waals surface area contributed by atoms with Gasteiger partial charge in [-0.25, -0.2) is 8.78 Å². The van der Waals surface area contributed by atoms with Gasteiger partial charge in [-0.15, -0.1) is 0 Å². The van der Waals surface area contributed by atoms with Gasteiger partial charge in [-0.3, -0.25) is 19.2 Å². The third-order valence-corrected chi connectivity index (χ3v) is 8.27. The molecule has 3 aliphatic heterocycles. The first-order valence-corrected chi connectivity index (χ1v) is 12.9. The molecule has 0 unspecified atom stereocenters. The van der Waals surface area contributed by atoms with Gasteiger partial charge in [-0.1, -0.05) is 19.3 Å². The summed E-state index contributed by atoms with van der Waals surface area (Å²) in [5.74, 6) is -10.2. The summed E-state index contributed by atoms with van der Waals surface area (Å²) >= 11 is 0. The monoisotopic (exact) mass is 547 g/mol. The minimum atomic E-state index is -5.25. The lowest BCUT2D eigenvalue weighted by Gasteiger charge is -2.54. The van der Waals surface area contributed by atoms with Crippen molar-refractivity contribution < 1.29 is 41.1 Å². The van der Waals surface area contributed by atoms with Crippen LogP contribution in [0.15, 0.2) is 0 Å². The number of amides is 4. The predicted octanol–water partition coefficient (Wildman–Crippen LogP) is 1.77. The van der Waals surface area contributed by atoms with Crippen molar-refractivity contribution in [2.45, 2.75) is 94.1 Å². The molecule has 0 aromatic heterocycles. The molecule has 2 bridgehead atoms. The molecule has 210 valence electrons. The van der Waals surface area contributed by atoms with Gasteiger partial charge in [-0.2, -0.15) is 18.4 Å². The summed E-state index contributed by atoms with van der Waals surface area (Å²) in [5, 5.41) is 16.3. The van der Waals surface area contributed by atoms with Gasteiger partial charge in [0.15, 0.2) is 0 Å². The molecule has 14 heteroatoms. The fourth-order valence-corrected chi connectivity index (χ4v) is 6.08. The van der Waals surface area contributed by atoms with Crippen LogP contribution in [0, 0.1) is 29.1 Å².